The zero-order valence-electron chi connectivity index (χ0n) is 9.75. The van der Waals surface area contributed by atoms with E-state index in [1.165, 1.54) is 23.2 Å². The minimum absolute atomic E-state index is 0.0243. The van der Waals surface area contributed by atoms with E-state index >= 15 is 0 Å². The van der Waals surface area contributed by atoms with Crippen LogP contribution in [0.3, 0.4) is 0 Å². The van der Waals surface area contributed by atoms with Crippen LogP contribution in [0, 0.1) is 0 Å². The lowest BCUT2D eigenvalue weighted by molar-refractivity contribution is -0.116. The molecule has 0 spiro atoms. The number of thiazole rings is 2. The molecule has 0 fully saturated rings. The second kappa shape index (κ2) is 5.73. The number of rotatable bonds is 3. The van der Waals surface area contributed by atoms with Crippen LogP contribution in [-0.2, 0) is 4.79 Å². The highest BCUT2D eigenvalue weighted by Gasteiger charge is 2.09. The van der Waals surface area contributed by atoms with Gasteiger partial charge in [-0.3, -0.25) is 9.69 Å². The van der Waals surface area contributed by atoms with Gasteiger partial charge in [0, 0.05) is 19.4 Å². The van der Waals surface area contributed by atoms with Crippen molar-refractivity contribution in [2.24, 2.45) is 0 Å². The second-order valence-corrected chi connectivity index (χ2v) is 6.75. The van der Waals surface area contributed by atoms with Crippen LogP contribution in [0.5, 0.6) is 0 Å². The van der Waals surface area contributed by atoms with E-state index in [4.69, 9.17) is 0 Å². The zero-order valence-corrected chi connectivity index (χ0v) is 13.0. The number of anilines is 1. The van der Waals surface area contributed by atoms with Gasteiger partial charge in [-0.05, 0) is 28.1 Å². The number of hydrogen-bond acceptors (Lipinski definition) is 5. The molecule has 7 heteroatoms. The maximum absolute atomic E-state index is 11.2. The summed E-state index contributed by atoms with van der Waals surface area (Å²) in [5.74, 6) is -0.0243. The summed E-state index contributed by atoms with van der Waals surface area (Å²) in [5, 5.41) is 3.52. The van der Waals surface area contributed by atoms with Crippen molar-refractivity contribution in [2.75, 3.05) is 11.9 Å². The molecule has 0 aliphatic heterocycles. The van der Waals surface area contributed by atoms with Gasteiger partial charge in [0.2, 0.25) is 5.91 Å². The van der Waals surface area contributed by atoms with Gasteiger partial charge in [-0.25, -0.2) is 9.97 Å². The molecule has 0 saturated heterocycles. The van der Waals surface area contributed by atoms with Gasteiger partial charge < -0.3 is 0 Å². The fourth-order valence-electron chi connectivity index (χ4n) is 1.14. The van der Waals surface area contributed by atoms with Crippen LogP contribution in [0.2, 0.25) is 0 Å². The van der Waals surface area contributed by atoms with Crippen molar-refractivity contribution in [2.45, 2.75) is 6.92 Å². The largest absolute Gasteiger partial charge is 0.291 e. The SMILES string of the molecule is CC(=O)N(C)c1nc(C=Cc2ncc(Br)s2)cs1. The van der Waals surface area contributed by atoms with Gasteiger partial charge in [0.1, 0.15) is 5.01 Å². The van der Waals surface area contributed by atoms with E-state index in [0.717, 1.165) is 14.5 Å². The third kappa shape index (κ3) is 3.24. The first kappa shape index (κ1) is 13.4. The lowest BCUT2D eigenvalue weighted by atomic mass is 10.4. The van der Waals surface area contributed by atoms with Gasteiger partial charge >= 0.3 is 0 Å². The molecule has 0 radical (unpaired) electrons. The lowest BCUT2D eigenvalue weighted by Crippen LogP contribution is -2.22. The molecule has 1 amide bonds. The summed E-state index contributed by atoms with van der Waals surface area (Å²) >= 11 is 6.36. The molecule has 2 heterocycles. The molecule has 0 unspecified atom stereocenters. The molecule has 0 N–H and O–H groups in total. The van der Waals surface area contributed by atoms with Gasteiger partial charge in [-0.1, -0.05) is 0 Å². The topological polar surface area (TPSA) is 46.1 Å². The number of carbonyl (C=O) groups is 1. The summed E-state index contributed by atoms with van der Waals surface area (Å²) in [4.78, 5) is 21.3. The predicted octanol–water partition coefficient (Wildman–Crippen LogP) is 3.52. The summed E-state index contributed by atoms with van der Waals surface area (Å²) < 4.78 is 0.998. The van der Waals surface area contributed by atoms with Crippen LogP contribution in [0.15, 0.2) is 15.4 Å². The van der Waals surface area contributed by atoms with Gasteiger partial charge in [0.05, 0.1) is 15.7 Å². The van der Waals surface area contributed by atoms with Crippen molar-refractivity contribution in [3.05, 3.63) is 26.1 Å². The van der Waals surface area contributed by atoms with Crippen LogP contribution >= 0.6 is 38.6 Å². The first-order chi connectivity index (χ1) is 8.56. The third-order valence-corrected chi connectivity index (χ3v) is 4.54. The lowest BCUT2D eigenvalue weighted by Gasteiger charge is -2.09. The Morgan fingerprint density at radius 2 is 2.28 bits per heavy atom. The quantitative estimate of drug-likeness (QED) is 0.856. The molecule has 0 saturated carbocycles. The minimum Gasteiger partial charge on any atom is -0.291 e. The number of aromatic nitrogens is 2. The molecule has 2 aromatic rings. The Morgan fingerprint density at radius 1 is 1.50 bits per heavy atom. The Kier molecular flexibility index (Phi) is 4.26. The van der Waals surface area contributed by atoms with E-state index in [9.17, 15) is 4.79 Å². The molecule has 18 heavy (non-hydrogen) atoms. The maximum Gasteiger partial charge on any atom is 0.225 e. The van der Waals surface area contributed by atoms with Crippen molar-refractivity contribution in [1.82, 2.24) is 9.97 Å². The van der Waals surface area contributed by atoms with E-state index in [1.54, 1.807) is 24.6 Å². The molecular formula is C11H10BrN3OS2. The van der Waals surface area contributed by atoms with Crippen LogP contribution in [0.1, 0.15) is 17.6 Å². The molecule has 0 bridgehead atoms. The van der Waals surface area contributed by atoms with Crippen molar-refractivity contribution in [3.63, 3.8) is 0 Å². The number of carbonyl (C=O) groups excluding carboxylic acids is 1. The smallest absolute Gasteiger partial charge is 0.225 e. The average molecular weight is 344 g/mol. The Bertz CT molecular complexity index is 591. The summed E-state index contributed by atoms with van der Waals surface area (Å²) in [7, 11) is 1.71. The molecule has 0 aromatic carbocycles. The molecular weight excluding hydrogens is 334 g/mol. The minimum atomic E-state index is -0.0243. The molecule has 0 aliphatic carbocycles. The van der Waals surface area contributed by atoms with E-state index in [2.05, 4.69) is 25.9 Å². The van der Waals surface area contributed by atoms with Crippen LogP contribution in [-0.4, -0.2) is 22.9 Å². The first-order valence-corrected chi connectivity index (χ1v) is 7.54. The maximum atomic E-state index is 11.2. The standard InChI is InChI=1S/C11H10BrN3OS2/c1-7(16)15(2)11-14-8(6-17-11)3-4-10-13-5-9(12)18-10/h3-6H,1-2H3. The summed E-state index contributed by atoms with van der Waals surface area (Å²) in [6, 6.07) is 0. The molecule has 0 aliphatic rings. The van der Waals surface area contributed by atoms with Gasteiger partial charge in [-0.15, -0.1) is 22.7 Å². The van der Waals surface area contributed by atoms with E-state index in [0.29, 0.717) is 5.13 Å². The van der Waals surface area contributed by atoms with Crippen molar-refractivity contribution in [1.29, 1.82) is 0 Å². The van der Waals surface area contributed by atoms with Gasteiger partial charge in [-0.2, -0.15) is 0 Å². The monoisotopic (exact) mass is 343 g/mol. The number of halogens is 1. The molecule has 2 rings (SSSR count). The predicted molar refractivity (Wildman–Crippen MR) is 79.9 cm³/mol. The first-order valence-electron chi connectivity index (χ1n) is 5.05. The van der Waals surface area contributed by atoms with Crippen LogP contribution < -0.4 is 4.90 Å². The van der Waals surface area contributed by atoms with Crippen molar-refractivity contribution < 1.29 is 4.79 Å². The fourth-order valence-corrected chi connectivity index (χ4v) is 3.09. The Labute approximate surface area is 121 Å². The summed E-state index contributed by atoms with van der Waals surface area (Å²) in [6.45, 7) is 1.52. The second-order valence-electron chi connectivity index (χ2n) is 3.47. The van der Waals surface area contributed by atoms with E-state index < -0.39 is 0 Å². The molecule has 2 aromatic heterocycles. The van der Waals surface area contributed by atoms with E-state index in [1.807, 2.05) is 17.5 Å². The number of amides is 1. The zero-order chi connectivity index (χ0) is 13.1. The highest BCUT2D eigenvalue weighted by molar-refractivity contribution is 9.11. The summed E-state index contributed by atoms with van der Waals surface area (Å²) in [6.07, 6.45) is 5.56. The van der Waals surface area contributed by atoms with Crippen molar-refractivity contribution >= 4 is 61.8 Å². The highest BCUT2D eigenvalue weighted by atomic mass is 79.9. The number of hydrogen-bond donors (Lipinski definition) is 0. The Morgan fingerprint density at radius 3 is 2.89 bits per heavy atom. The third-order valence-electron chi connectivity index (χ3n) is 2.16. The Balaban J connectivity index is 2.11. The number of nitrogens with zero attached hydrogens (tertiary/aromatic N) is 3. The highest BCUT2D eigenvalue weighted by Crippen LogP contribution is 2.23. The fraction of sp³-hybridized carbons (Fsp3) is 0.182. The molecule has 4 nitrogen and oxygen atoms in total. The molecule has 0 atom stereocenters. The van der Waals surface area contributed by atoms with Gasteiger partial charge in [0.15, 0.2) is 5.13 Å². The van der Waals surface area contributed by atoms with Crippen LogP contribution in [0.4, 0.5) is 5.13 Å². The average Bonchev–Trinajstić information content (AvgIpc) is 2.94. The summed E-state index contributed by atoms with van der Waals surface area (Å²) in [5.41, 5.74) is 0.828. The van der Waals surface area contributed by atoms with Crippen LogP contribution in [0.25, 0.3) is 12.2 Å². The van der Waals surface area contributed by atoms with E-state index in [-0.39, 0.29) is 5.91 Å². The van der Waals surface area contributed by atoms with Gasteiger partial charge in [0.25, 0.3) is 0 Å². The molecule has 94 valence electrons. The van der Waals surface area contributed by atoms with Crippen molar-refractivity contribution in [3.8, 4) is 0 Å². The normalized spacial score (nSPS) is 11.1. The Hall–Kier alpha value is -1.05.